The molecule has 126 valence electrons. The monoisotopic (exact) mass is 332 g/mol. The lowest BCUT2D eigenvalue weighted by Gasteiger charge is -2.24. The van der Waals surface area contributed by atoms with Gasteiger partial charge in [-0.2, -0.15) is 0 Å². The summed E-state index contributed by atoms with van der Waals surface area (Å²) in [5.74, 6) is -1.63. The maximum absolute atomic E-state index is 11.7. The smallest absolute Gasteiger partial charge is 0.478 e. The first-order valence-corrected chi connectivity index (χ1v) is 8.66. The molecule has 0 amide bonds. The van der Waals surface area contributed by atoms with Gasteiger partial charge in [-0.1, -0.05) is 13.2 Å². The molecule has 0 aliphatic rings. The van der Waals surface area contributed by atoms with Crippen LogP contribution in [0.5, 0.6) is 0 Å². The van der Waals surface area contributed by atoms with Gasteiger partial charge in [0.15, 0.2) is 0 Å². The molecule has 0 spiro atoms. The van der Waals surface area contributed by atoms with Gasteiger partial charge in [0.1, 0.15) is 0 Å². The molecule has 0 saturated heterocycles. The summed E-state index contributed by atoms with van der Waals surface area (Å²) in [4.78, 5) is 22.3. The maximum Gasteiger partial charge on any atom is 0.500 e. The molecule has 0 radical (unpaired) electrons. The molecule has 1 N–H and O–H groups in total. The van der Waals surface area contributed by atoms with Crippen LogP contribution in [0.1, 0.15) is 19.3 Å². The summed E-state index contributed by atoms with van der Waals surface area (Å²) < 4.78 is 20.8. The number of ether oxygens (including phenoxy) is 1. The van der Waals surface area contributed by atoms with Gasteiger partial charge in [0.2, 0.25) is 0 Å². The van der Waals surface area contributed by atoms with Crippen LogP contribution in [0.15, 0.2) is 24.3 Å². The van der Waals surface area contributed by atoms with Crippen molar-refractivity contribution in [3.63, 3.8) is 0 Å². The number of esters is 1. The van der Waals surface area contributed by atoms with Crippen LogP contribution in [0.25, 0.3) is 0 Å². The second-order valence-corrected chi connectivity index (χ2v) is 7.64. The van der Waals surface area contributed by atoms with Gasteiger partial charge in [-0.3, -0.25) is 0 Å². The largest absolute Gasteiger partial charge is 0.500 e. The van der Waals surface area contributed by atoms with Crippen molar-refractivity contribution in [3.8, 4) is 0 Å². The Kier molecular flexibility index (Phi) is 9.58. The number of carbonyl (C=O) groups is 2. The van der Waals surface area contributed by atoms with Gasteiger partial charge >= 0.3 is 20.7 Å². The molecule has 7 nitrogen and oxygen atoms in total. The first-order valence-electron chi connectivity index (χ1n) is 6.73. The van der Waals surface area contributed by atoms with Crippen LogP contribution in [0.4, 0.5) is 0 Å². The molecule has 0 fully saturated rings. The van der Waals surface area contributed by atoms with Gasteiger partial charge in [0.05, 0.1) is 6.61 Å². The van der Waals surface area contributed by atoms with Gasteiger partial charge in [0, 0.05) is 38.5 Å². The number of carbonyl (C=O) groups excluding carboxylic acids is 1. The third-order valence-electron chi connectivity index (χ3n) is 3.11. The Morgan fingerprint density at radius 1 is 1.00 bits per heavy atom. The van der Waals surface area contributed by atoms with Crippen LogP contribution >= 0.6 is 0 Å². The first-order chi connectivity index (χ1) is 10.3. The fraction of sp³-hybridized carbons (Fsp3) is 0.571. The van der Waals surface area contributed by atoms with Gasteiger partial charge < -0.3 is 23.1 Å². The van der Waals surface area contributed by atoms with Gasteiger partial charge in [0.25, 0.3) is 0 Å². The van der Waals surface area contributed by atoms with E-state index >= 15 is 0 Å². The summed E-state index contributed by atoms with van der Waals surface area (Å²) in [5.41, 5.74) is 0.251. The molecule has 0 aliphatic heterocycles. The SMILES string of the molecule is C=C(CCC(=C)C(=O)OCCC[Si](OC)(OC)OC)C(=O)O. The highest BCUT2D eigenvalue weighted by molar-refractivity contribution is 6.60. The molecular formula is C14H24O7Si. The lowest BCUT2D eigenvalue weighted by atomic mass is 10.1. The molecule has 0 aromatic carbocycles. The van der Waals surface area contributed by atoms with E-state index in [0.29, 0.717) is 12.5 Å². The van der Waals surface area contributed by atoms with Crippen molar-refractivity contribution in [2.24, 2.45) is 0 Å². The highest BCUT2D eigenvalue weighted by Gasteiger charge is 2.37. The van der Waals surface area contributed by atoms with Gasteiger partial charge in [-0.15, -0.1) is 0 Å². The summed E-state index contributed by atoms with van der Waals surface area (Å²) in [6.07, 6.45) is 0.899. The van der Waals surface area contributed by atoms with Gasteiger partial charge in [-0.25, -0.2) is 9.59 Å². The van der Waals surface area contributed by atoms with E-state index in [4.69, 9.17) is 23.1 Å². The van der Waals surface area contributed by atoms with E-state index in [1.165, 1.54) is 21.3 Å². The number of carboxylic acid groups (broad SMARTS) is 1. The molecule has 0 unspecified atom stereocenters. The standard InChI is InChI=1S/C14H24O7Si/c1-11(13(15)16)7-8-12(2)14(17)21-9-6-10-22(18-3,19-4)20-5/h1-2,6-10H2,3-5H3,(H,15,16). The molecule has 0 aromatic rings. The van der Waals surface area contributed by atoms with Crippen molar-refractivity contribution in [1.29, 1.82) is 0 Å². The summed E-state index contributed by atoms with van der Waals surface area (Å²) in [5, 5.41) is 8.68. The zero-order chi connectivity index (χ0) is 17.2. The number of hydrogen-bond donors (Lipinski definition) is 1. The zero-order valence-corrected chi connectivity index (χ0v) is 14.3. The molecule has 0 rings (SSSR count). The van der Waals surface area contributed by atoms with Crippen LogP contribution in [0.2, 0.25) is 6.04 Å². The predicted molar refractivity (Wildman–Crippen MR) is 82.3 cm³/mol. The summed E-state index contributed by atoms with van der Waals surface area (Å²) in [6, 6.07) is 0.520. The number of rotatable bonds is 12. The molecule has 22 heavy (non-hydrogen) atoms. The lowest BCUT2D eigenvalue weighted by Crippen LogP contribution is -2.42. The van der Waals surface area contributed by atoms with E-state index in [1.54, 1.807) is 0 Å². The second kappa shape index (κ2) is 10.3. The molecular weight excluding hydrogens is 308 g/mol. The van der Waals surface area contributed by atoms with Gasteiger partial charge in [-0.05, 0) is 19.3 Å². The average molecular weight is 332 g/mol. The van der Waals surface area contributed by atoms with E-state index in [9.17, 15) is 9.59 Å². The molecule has 0 saturated carbocycles. The fourth-order valence-electron chi connectivity index (χ4n) is 1.62. The highest BCUT2D eigenvalue weighted by Crippen LogP contribution is 2.15. The van der Waals surface area contributed by atoms with E-state index in [0.717, 1.165) is 0 Å². The van der Waals surface area contributed by atoms with E-state index in [-0.39, 0.29) is 30.6 Å². The summed E-state index contributed by atoms with van der Waals surface area (Å²) in [6.45, 7) is 7.16. The molecule has 0 atom stereocenters. The van der Waals surface area contributed by atoms with Crippen LogP contribution < -0.4 is 0 Å². The van der Waals surface area contributed by atoms with Crippen molar-refractivity contribution < 1.29 is 32.7 Å². The Hall–Kier alpha value is -1.48. The average Bonchev–Trinajstić information content (AvgIpc) is 2.52. The normalized spacial score (nSPS) is 11.0. The molecule has 8 heteroatoms. The highest BCUT2D eigenvalue weighted by atomic mass is 28.4. The van der Waals surface area contributed by atoms with E-state index < -0.39 is 20.7 Å². The fourth-order valence-corrected chi connectivity index (χ4v) is 3.31. The Morgan fingerprint density at radius 3 is 1.95 bits per heavy atom. The van der Waals surface area contributed by atoms with Crippen molar-refractivity contribution in [2.75, 3.05) is 27.9 Å². The summed E-state index contributed by atoms with van der Waals surface area (Å²) >= 11 is 0. The Bertz CT molecular complexity index is 407. The summed E-state index contributed by atoms with van der Waals surface area (Å²) in [7, 11) is 1.90. The third kappa shape index (κ3) is 6.99. The minimum Gasteiger partial charge on any atom is -0.478 e. The first kappa shape index (κ1) is 20.5. The van der Waals surface area contributed by atoms with E-state index in [2.05, 4.69) is 13.2 Å². The maximum atomic E-state index is 11.7. The minimum absolute atomic E-state index is 0.0324. The number of carboxylic acids is 1. The minimum atomic E-state index is -2.65. The molecule has 0 heterocycles. The Morgan fingerprint density at radius 2 is 1.50 bits per heavy atom. The Labute approximate surface area is 131 Å². The third-order valence-corrected chi connectivity index (χ3v) is 5.95. The molecule has 0 aliphatic carbocycles. The molecule has 0 aromatic heterocycles. The Balaban J connectivity index is 4.06. The lowest BCUT2D eigenvalue weighted by molar-refractivity contribution is -0.139. The topological polar surface area (TPSA) is 91.3 Å². The van der Waals surface area contributed by atoms with Crippen molar-refractivity contribution in [3.05, 3.63) is 24.3 Å². The zero-order valence-electron chi connectivity index (χ0n) is 13.3. The van der Waals surface area contributed by atoms with Crippen molar-refractivity contribution >= 4 is 20.7 Å². The van der Waals surface area contributed by atoms with Crippen LogP contribution in [0.3, 0.4) is 0 Å². The number of hydrogen-bond acceptors (Lipinski definition) is 6. The van der Waals surface area contributed by atoms with Crippen LogP contribution in [-0.2, 0) is 27.6 Å². The van der Waals surface area contributed by atoms with Crippen LogP contribution in [-0.4, -0.2) is 53.8 Å². The van der Waals surface area contributed by atoms with Crippen molar-refractivity contribution in [1.82, 2.24) is 0 Å². The quantitative estimate of drug-likeness (QED) is 0.252. The predicted octanol–water partition coefficient (Wildman–Crippen LogP) is 1.78. The second-order valence-electron chi connectivity index (χ2n) is 4.55. The number of aliphatic carboxylic acids is 1. The van der Waals surface area contributed by atoms with E-state index in [1.807, 2.05) is 0 Å². The molecule has 0 bridgehead atoms. The van der Waals surface area contributed by atoms with Crippen LogP contribution in [0, 0.1) is 0 Å². The van der Waals surface area contributed by atoms with Crippen molar-refractivity contribution in [2.45, 2.75) is 25.3 Å².